The van der Waals surface area contributed by atoms with Crippen LogP contribution >= 0.6 is 0 Å². The van der Waals surface area contributed by atoms with Crippen LogP contribution in [0.3, 0.4) is 0 Å². The highest BCUT2D eigenvalue weighted by Crippen LogP contribution is 2.35. The van der Waals surface area contributed by atoms with Crippen LogP contribution in [0, 0.1) is 16.0 Å². The summed E-state index contributed by atoms with van der Waals surface area (Å²) in [5, 5.41) is 14.9. The molecule has 0 radical (unpaired) electrons. The molecular formula is C14H20N4O4S. The van der Waals surface area contributed by atoms with Gasteiger partial charge in [0, 0.05) is 25.2 Å². The summed E-state index contributed by atoms with van der Waals surface area (Å²) in [6.07, 6.45) is 2.01. The molecule has 2 atom stereocenters. The molecule has 0 amide bonds. The van der Waals surface area contributed by atoms with Crippen molar-refractivity contribution >= 4 is 21.4 Å². The van der Waals surface area contributed by atoms with E-state index >= 15 is 0 Å². The van der Waals surface area contributed by atoms with Gasteiger partial charge in [-0.1, -0.05) is 0 Å². The van der Waals surface area contributed by atoms with Gasteiger partial charge in [-0.05, 0) is 44.5 Å². The highest BCUT2D eigenvalue weighted by atomic mass is 32.2. The number of benzene rings is 1. The second-order valence-corrected chi connectivity index (χ2v) is 7.85. The molecule has 2 aliphatic rings. The quantitative estimate of drug-likeness (QED) is 0.617. The van der Waals surface area contributed by atoms with Crippen LogP contribution in [-0.4, -0.2) is 46.1 Å². The largest absolute Gasteiger partial charge is 0.366 e. The fourth-order valence-corrected chi connectivity index (χ4v) is 4.22. The molecule has 126 valence electrons. The highest BCUT2D eigenvalue weighted by Gasteiger charge is 2.34. The molecule has 0 aromatic heterocycles. The van der Waals surface area contributed by atoms with E-state index in [4.69, 9.17) is 0 Å². The van der Waals surface area contributed by atoms with Crippen LogP contribution < -0.4 is 14.9 Å². The van der Waals surface area contributed by atoms with Gasteiger partial charge in [0.1, 0.15) is 5.69 Å². The number of hydrogen-bond donors (Lipinski definition) is 2. The summed E-state index contributed by atoms with van der Waals surface area (Å²) < 4.78 is 25.9. The molecule has 2 fully saturated rings. The van der Waals surface area contributed by atoms with Crippen LogP contribution in [0.5, 0.6) is 0 Å². The first-order chi connectivity index (χ1) is 10.9. The van der Waals surface area contributed by atoms with Crippen LogP contribution in [-0.2, 0) is 10.0 Å². The van der Waals surface area contributed by atoms with Crippen molar-refractivity contribution < 1.29 is 13.3 Å². The molecule has 23 heavy (non-hydrogen) atoms. The number of anilines is 1. The molecule has 2 saturated heterocycles. The second-order valence-electron chi connectivity index (χ2n) is 5.96. The van der Waals surface area contributed by atoms with E-state index in [2.05, 4.69) is 10.0 Å². The Hall–Kier alpha value is -1.71. The number of hydrogen-bond acceptors (Lipinski definition) is 6. The zero-order valence-corrected chi connectivity index (χ0v) is 13.7. The van der Waals surface area contributed by atoms with Crippen molar-refractivity contribution in [1.82, 2.24) is 10.0 Å². The number of nitrogens with zero attached hydrogens (tertiary/aromatic N) is 2. The third-order valence-electron chi connectivity index (χ3n) is 4.72. The Bertz CT molecular complexity index is 721. The predicted molar refractivity (Wildman–Crippen MR) is 86.1 cm³/mol. The summed E-state index contributed by atoms with van der Waals surface area (Å²) in [7, 11) is -2.41. The van der Waals surface area contributed by atoms with E-state index < -0.39 is 14.9 Å². The number of nitrogens with one attached hydrogen (secondary N) is 2. The number of nitro groups is 1. The maximum absolute atomic E-state index is 11.9. The summed E-state index contributed by atoms with van der Waals surface area (Å²) in [6, 6.07) is 4.60. The SMILES string of the molecule is CNS(=O)(=O)c1ccc(N2CCC3NCCC3C2)c([N+](=O)[O-])c1. The standard InChI is InChI=1S/C14H20N4O4S/c1-15-23(21,22)11-2-3-13(14(8-11)18(19)20)17-7-5-12-10(9-17)4-6-16-12/h2-3,8,10,12,15-16H,4-7,9H2,1H3. The van der Waals surface area contributed by atoms with E-state index in [1.807, 2.05) is 4.90 Å². The van der Waals surface area contributed by atoms with E-state index in [0.29, 0.717) is 17.6 Å². The van der Waals surface area contributed by atoms with Crippen molar-refractivity contribution in [2.45, 2.75) is 23.8 Å². The Balaban J connectivity index is 1.94. The average molecular weight is 340 g/mol. The number of nitro benzene ring substituents is 1. The lowest BCUT2D eigenvalue weighted by molar-refractivity contribution is -0.384. The van der Waals surface area contributed by atoms with Crippen LogP contribution in [0.2, 0.25) is 0 Å². The van der Waals surface area contributed by atoms with Crippen LogP contribution in [0.1, 0.15) is 12.8 Å². The molecule has 0 bridgehead atoms. The molecule has 2 unspecified atom stereocenters. The Morgan fingerprint density at radius 3 is 2.87 bits per heavy atom. The third-order valence-corrected chi connectivity index (χ3v) is 6.13. The van der Waals surface area contributed by atoms with Gasteiger partial charge >= 0.3 is 0 Å². The summed E-state index contributed by atoms with van der Waals surface area (Å²) >= 11 is 0. The number of sulfonamides is 1. The van der Waals surface area contributed by atoms with Crippen LogP contribution in [0.15, 0.2) is 23.1 Å². The summed E-state index contributed by atoms with van der Waals surface area (Å²) in [6.45, 7) is 2.48. The Labute approximate surface area is 135 Å². The molecule has 0 saturated carbocycles. The normalized spacial score (nSPS) is 24.5. The number of fused-ring (bicyclic) bond motifs is 1. The van der Waals surface area contributed by atoms with Gasteiger partial charge < -0.3 is 10.2 Å². The van der Waals surface area contributed by atoms with Gasteiger partial charge in [0.05, 0.1) is 9.82 Å². The van der Waals surface area contributed by atoms with Gasteiger partial charge in [-0.15, -0.1) is 0 Å². The van der Waals surface area contributed by atoms with E-state index in [1.54, 1.807) is 6.07 Å². The zero-order valence-electron chi connectivity index (χ0n) is 12.9. The minimum absolute atomic E-state index is 0.0899. The lowest BCUT2D eigenvalue weighted by Gasteiger charge is -2.36. The number of piperidine rings is 1. The van der Waals surface area contributed by atoms with Gasteiger partial charge in [-0.2, -0.15) is 0 Å². The minimum atomic E-state index is -3.70. The fraction of sp³-hybridized carbons (Fsp3) is 0.571. The van der Waals surface area contributed by atoms with E-state index in [0.717, 1.165) is 38.5 Å². The summed E-state index contributed by atoms with van der Waals surface area (Å²) in [5.74, 6) is 0.490. The summed E-state index contributed by atoms with van der Waals surface area (Å²) in [4.78, 5) is 12.8. The van der Waals surface area contributed by atoms with Crippen molar-refractivity contribution in [2.24, 2.45) is 5.92 Å². The smallest absolute Gasteiger partial charge is 0.293 e. The van der Waals surface area contributed by atoms with Crippen LogP contribution in [0.25, 0.3) is 0 Å². The molecule has 2 N–H and O–H groups in total. The van der Waals surface area contributed by atoms with Gasteiger partial charge in [-0.3, -0.25) is 10.1 Å². The predicted octanol–water partition coefficient (Wildman–Crippen LogP) is 0.691. The van der Waals surface area contributed by atoms with Gasteiger partial charge in [-0.25, -0.2) is 13.1 Å². The lowest BCUT2D eigenvalue weighted by Crippen LogP contribution is -2.44. The number of rotatable bonds is 4. The van der Waals surface area contributed by atoms with Crippen molar-refractivity contribution in [3.63, 3.8) is 0 Å². The molecule has 0 aliphatic carbocycles. The monoisotopic (exact) mass is 340 g/mol. The first kappa shape index (κ1) is 16.2. The molecule has 3 rings (SSSR count). The maximum atomic E-state index is 11.9. The molecular weight excluding hydrogens is 320 g/mol. The fourth-order valence-electron chi connectivity index (χ4n) is 3.47. The van der Waals surface area contributed by atoms with Crippen LogP contribution in [0.4, 0.5) is 11.4 Å². The zero-order chi connectivity index (χ0) is 16.6. The molecule has 2 heterocycles. The Morgan fingerprint density at radius 1 is 1.39 bits per heavy atom. The van der Waals surface area contributed by atoms with E-state index in [-0.39, 0.29) is 10.6 Å². The summed E-state index contributed by atoms with van der Waals surface area (Å²) in [5.41, 5.74) is 0.334. The average Bonchev–Trinajstić information content (AvgIpc) is 3.01. The van der Waals surface area contributed by atoms with Crippen molar-refractivity contribution in [1.29, 1.82) is 0 Å². The van der Waals surface area contributed by atoms with Gasteiger partial charge in [0.2, 0.25) is 10.0 Å². The van der Waals surface area contributed by atoms with Crippen molar-refractivity contribution in [3.05, 3.63) is 28.3 Å². The molecule has 9 heteroatoms. The lowest BCUT2D eigenvalue weighted by atomic mass is 9.93. The van der Waals surface area contributed by atoms with Gasteiger partial charge in [0.15, 0.2) is 0 Å². The second kappa shape index (κ2) is 6.06. The first-order valence-corrected chi connectivity index (χ1v) is 9.11. The van der Waals surface area contributed by atoms with Gasteiger partial charge in [0.25, 0.3) is 5.69 Å². The maximum Gasteiger partial charge on any atom is 0.293 e. The van der Waals surface area contributed by atoms with Crippen molar-refractivity contribution in [3.8, 4) is 0 Å². The third kappa shape index (κ3) is 3.04. The van der Waals surface area contributed by atoms with E-state index in [1.165, 1.54) is 13.1 Å². The molecule has 8 nitrogen and oxygen atoms in total. The van der Waals surface area contributed by atoms with E-state index in [9.17, 15) is 18.5 Å². The first-order valence-electron chi connectivity index (χ1n) is 7.62. The highest BCUT2D eigenvalue weighted by molar-refractivity contribution is 7.89. The molecule has 1 aromatic rings. The molecule has 2 aliphatic heterocycles. The Kier molecular flexibility index (Phi) is 4.26. The van der Waals surface area contributed by atoms with Crippen molar-refractivity contribution in [2.75, 3.05) is 31.6 Å². The molecule has 1 aromatic carbocycles. The minimum Gasteiger partial charge on any atom is -0.366 e. The topological polar surface area (TPSA) is 105 Å². The molecule has 0 spiro atoms. The Morgan fingerprint density at radius 2 is 2.17 bits per heavy atom.